The summed E-state index contributed by atoms with van der Waals surface area (Å²) in [5.74, 6) is 0.919. The van der Waals surface area contributed by atoms with Gasteiger partial charge in [-0.3, -0.25) is 0 Å². The van der Waals surface area contributed by atoms with Crippen molar-refractivity contribution in [3.63, 3.8) is 0 Å². The van der Waals surface area contributed by atoms with Gasteiger partial charge in [0.15, 0.2) is 0 Å². The van der Waals surface area contributed by atoms with Gasteiger partial charge in [-0.05, 0) is 58.1 Å². The van der Waals surface area contributed by atoms with Crippen LogP contribution in [0, 0.1) is 0 Å². The van der Waals surface area contributed by atoms with Crippen LogP contribution in [0.2, 0.25) is 0 Å². The zero-order chi connectivity index (χ0) is 18.4. The van der Waals surface area contributed by atoms with Gasteiger partial charge in [0, 0.05) is 19.6 Å². The van der Waals surface area contributed by atoms with Crippen LogP contribution >= 0.6 is 0 Å². The van der Waals surface area contributed by atoms with Crippen LogP contribution < -0.4 is 15.5 Å². The van der Waals surface area contributed by atoms with Crippen LogP contribution in [0.25, 0.3) is 0 Å². The second kappa shape index (κ2) is 9.03. The maximum atomic E-state index is 12.0. The summed E-state index contributed by atoms with van der Waals surface area (Å²) in [4.78, 5) is 18.7. The molecule has 6 heteroatoms. The number of hydrogen-bond acceptors (Lipinski definition) is 4. The predicted octanol–water partition coefficient (Wildman–Crippen LogP) is 3.71. The smallest absolute Gasteiger partial charge is 0.319 e. The van der Waals surface area contributed by atoms with E-state index in [2.05, 4.69) is 40.4 Å². The molecule has 1 aliphatic heterocycles. The maximum Gasteiger partial charge on any atom is 0.319 e. The number of nitrogens with zero attached hydrogens (tertiary/aromatic N) is 2. The normalized spacial score (nSPS) is 23.3. The topological polar surface area (TPSA) is 66.5 Å². The Morgan fingerprint density at radius 1 is 1.27 bits per heavy atom. The number of aromatic nitrogens is 1. The summed E-state index contributed by atoms with van der Waals surface area (Å²) in [6.07, 6.45) is 10.3. The first kappa shape index (κ1) is 18.7. The van der Waals surface area contributed by atoms with Gasteiger partial charge in [-0.15, -0.1) is 0 Å². The van der Waals surface area contributed by atoms with Gasteiger partial charge in [0.05, 0.1) is 24.1 Å². The lowest BCUT2D eigenvalue weighted by molar-refractivity contribution is -0.00545. The number of anilines is 2. The van der Waals surface area contributed by atoms with Gasteiger partial charge in [-0.1, -0.05) is 11.6 Å². The molecule has 1 saturated heterocycles. The molecule has 2 amide bonds. The fraction of sp³-hybridized carbons (Fsp3) is 0.600. The van der Waals surface area contributed by atoms with E-state index in [0.717, 1.165) is 25.3 Å². The van der Waals surface area contributed by atoms with Crippen molar-refractivity contribution in [1.82, 2.24) is 10.3 Å². The van der Waals surface area contributed by atoms with E-state index >= 15 is 0 Å². The van der Waals surface area contributed by atoms with Crippen molar-refractivity contribution in [2.45, 2.75) is 58.2 Å². The molecule has 0 bridgehead atoms. The molecule has 0 spiro atoms. The molecule has 0 saturated carbocycles. The Labute approximate surface area is 156 Å². The number of amides is 2. The zero-order valence-electron chi connectivity index (χ0n) is 15.8. The Hall–Kier alpha value is -2.08. The highest BCUT2D eigenvalue weighted by Gasteiger charge is 2.23. The minimum absolute atomic E-state index is 0.176. The molecule has 0 radical (unpaired) electrons. The monoisotopic (exact) mass is 358 g/mol. The first-order valence-corrected chi connectivity index (χ1v) is 9.69. The Kier molecular flexibility index (Phi) is 6.50. The molecule has 142 valence electrons. The lowest BCUT2D eigenvalue weighted by Crippen LogP contribution is -2.45. The van der Waals surface area contributed by atoms with Crippen LogP contribution in [0.3, 0.4) is 0 Å². The second-order valence-electron chi connectivity index (χ2n) is 7.31. The number of ether oxygens (including phenoxy) is 1. The number of nitrogens with one attached hydrogen (secondary N) is 2. The highest BCUT2D eigenvalue weighted by atomic mass is 16.5. The quantitative estimate of drug-likeness (QED) is 0.788. The number of morpholine rings is 1. The van der Waals surface area contributed by atoms with Crippen molar-refractivity contribution in [3.8, 4) is 0 Å². The van der Waals surface area contributed by atoms with E-state index in [1.165, 1.54) is 31.3 Å². The van der Waals surface area contributed by atoms with Crippen molar-refractivity contribution in [3.05, 3.63) is 30.0 Å². The van der Waals surface area contributed by atoms with Gasteiger partial charge < -0.3 is 20.3 Å². The number of rotatable bonds is 5. The van der Waals surface area contributed by atoms with Crippen LogP contribution in [0.15, 0.2) is 30.0 Å². The van der Waals surface area contributed by atoms with Crippen LogP contribution in [0.4, 0.5) is 16.3 Å². The molecule has 2 N–H and O–H groups in total. The highest BCUT2D eigenvalue weighted by molar-refractivity contribution is 5.89. The molecule has 2 atom stereocenters. The van der Waals surface area contributed by atoms with Gasteiger partial charge >= 0.3 is 6.03 Å². The molecule has 2 heterocycles. The first-order chi connectivity index (χ1) is 12.6. The van der Waals surface area contributed by atoms with Crippen LogP contribution in [-0.4, -0.2) is 42.9 Å². The number of carbonyl (C=O) groups excluding carboxylic acids is 1. The number of allylic oxidation sites excluding steroid dienone is 1. The maximum absolute atomic E-state index is 12.0. The summed E-state index contributed by atoms with van der Waals surface area (Å²) in [5, 5.41) is 5.77. The van der Waals surface area contributed by atoms with E-state index in [1.807, 2.05) is 12.1 Å². The van der Waals surface area contributed by atoms with E-state index in [-0.39, 0.29) is 18.2 Å². The second-order valence-corrected chi connectivity index (χ2v) is 7.31. The van der Waals surface area contributed by atoms with E-state index in [9.17, 15) is 4.79 Å². The number of urea groups is 1. The molecule has 0 unspecified atom stereocenters. The average molecular weight is 358 g/mol. The Bertz CT molecular complexity index is 619. The molecular formula is C20H30N4O2. The zero-order valence-corrected chi connectivity index (χ0v) is 15.8. The van der Waals surface area contributed by atoms with Gasteiger partial charge in [-0.2, -0.15) is 0 Å². The summed E-state index contributed by atoms with van der Waals surface area (Å²) in [7, 11) is 0. The summed E-state index contributed by atoms with van der Waals surface area (Å²) < 4.78 is 5.76. The van der Waals surface area contributed by atoms with E-state index in [0.29, 0.717) is 12.2 Å². The Balaban J connectivity index is 1.44. The van der Waals surface area contributed by atoms with Crippen molar-refractivity contribution >= 4 is 17.5 Å². The lowest BCUT2D eigenvalue weighted by Gasteiger charge is -2.36. The van der Waals surface area contributed by atoms with Crippen molar-refractivity contribution in [2.75, 3.05) is 29.9 Å². The van der Waals surface area contributed by atoms with E-state index in [1.54, 1.807) is 6.20 Å². The largest absolute Gasteiger partial charge is 0.372 e. The van der Waals surface area contributed by atoms with Gasteiger partial charge in [0.2, 0.25) is 0 Å². The molecule has 0 aromatic carbocycles. The third kappa shape index (κ3) is 5.46. The van der Waals surface area contributed by atoms with Crippen LogP contribution in [-0.2, 0) is 4.74 Å². The van der Waals surface area contributed by atoms with Crippen molar-refractivity contribution in [1.29, 1.82) is 0 Å². The third-order valence-corrected chi connectivity index (χ3v) is 4.87. The predicted molar refractivity (Wildman–Crippen MR) is 105 cm³/mol. The molecule has 26 heavy (non-hydrogen) atoms. The third-order valence-electron chi connectivity index (χ3n) is 4.87. The number of carbonyl (C=O) groups is 1. The van der Waals surface area contributed by atoms with Gasteiger partial charge in [0.25, 0.3) is 0 Å². The van der Waals surface area contributed by atoms with Crippen molar-refractivity contribution in [2.24, 2.45) is 0 Å². The van der Waals surface area contributed by atoms with Crippen LogP contribution in [0.5, 0.6) is 0 Å². The summed E-state index contributed by atoms with van der Waals surface area (Å²) >= 11 is 0. The van der Waals surface area contributed by atoms with Gasteiger partial charge in [-0.25, -0.2) is 9.78 Å². The first-order valence-electron chi connectivity index (χ1n) is 9.69. The van der Waals surface area contributed by atoms with Crippen LogP contribution in [0.1, 0.15) is 46.0 Å². The number of pyridine rings is 1. The van der Waals surface area contributed by atoms with Gasteiger partial charge in [0.1, 0.15) is 5.82 Å². The summed E-state index contributed by atoms with van der Waals surface area (Å²) in [6.45, 7) is 6.49. The Morgan fingerprint density at radius 3 is 2.73 bits per heavy atom. The summed E-state index contributed by atoms with van der Waals surface area (Å²) in [6, 6.07) is 3.67. The van der Waals surface area contributed by atoms with E-state index < -0.39 is 0 Å². The Morgan fingerprint density at radius 2 is 2.08 bits per heavy atom. The molecule has 1 aromatic heterocycles. The minimum atomic E-state index is -0.176. The van der Waals surface area contributed by atoms with E-state index in [4.69, 9.17) is 4.74 Å². The summed E-state index contributed by atoms with van der Waals surface area (Å²) in [5.41, 5.74) is 2.18. The lowest BCUT2D eigenvalue weighted by atomic mass is 9.97. The highest BCUT2D eigenvalue weighted by Crippen LogP contribution is 2.20. The minimum Gasteiger partial charge on any atom is -0.372 e. The SMILES string of the molecule is C[C@H]1CN(c2ccc(NC(=O)NCCC3=CCCCC3)cn2)C[C@H](C)O1. The average Bonchev–Trinajstić information content (AvgIpc) is 2.62. The standard InChI is InChI=1S/C20H30N4O2/c1-15-13-24(14-16(2)26-15)19-9-8-18(12-22-19)23-20(25)21-11-10-17-6-4-3-5-7-17/h6,8-9,12,15-16H,3-5,7,10-11,13-14H2,1-2H3,(H2,21,23,25)/t15-,16-/m0/s1. The molecule has 1 fully saturated rings. The molecule has 3 rings (SSSR count). The van der Waals surface area contributed by atoms with Crippen molar-refractivity contribution < 1.29 is 9.53 Å². The molecule has 1 aliphatic carbocycles. The molecule has 1 aromatic rings. The fourth-order valence-corrected chi connectivity index (χ4v) is 3.66. The fourth-order valence-electron chi connectivity index (χ4n) is 3.66. The number of hydrogen-bond donors (Lipinski definition) is 2. The molecular weight excluding hydrogens is 328 g/mol. The molecule has 6 nitrogen and oxygen atoms in total. The molecule has 2 aliphatic rings.